The molecule has 1 fully saturated rings. The lowest BCUT2D eigenvalue weighted by molar-refractivity contribution is -0.189. The van der Waals surface area contributed by atoms with Crippen molar-refractivity contribution >= 4 is 0 Å². The van der Waals surface area contributed by atoms with E-state index in [0.29, 0.717) is 30.2 Å². The Hall–Kier alpha value is -3.63. The number of ether oxygens (including phenoxy) is 2. The predicted octanol–water partition coefficient (Wildman–Crippen LogP) is 10.9. The molecule has 0 radical (unpaired) electrons. The number of benzene rings is 3. The highest BCUT2D eigenvalue weighted by molar-refractivity contribution is 5.65. The summed E-state index contributed by atoms with van der Waals surface area (Å²) < 4.78 is 134. The number of hydrogen-bond donors (Lipinski definition) is 0. The lowest BCUT2D eigenvalue weighted by Crippen LogP contribution is -2.25. The molecule has 0 unspecified atom stereocenters. The van der Waals surface area contributed by atoms with Crippen LogP contribution in [0.15, 0.2) is 60.6 Å². The molecular weight excluding hydrogens is 575 g/mol. The number of rotatable bonds is 10. The minimum atomic E-state index is -4.68. The van der Waals surface area contributed by atoms with Crippen LogP contribution in [0.3, 0.4) is 0 Å². The van der Waals surface area contributed by atoms with Crippen molar-refractivity contribution in [3.63, 3.8) is 0 Å². The van der Waals surface area contributed by atoms with Crippen LogP contribution in [0, 0.1) is 29.2 Å². The van der Waals surface area contributed by atoms with E-state index in [2.05, 4.69) is 16.4 Å². The summed E-state index contributed by atoms with van der Waals surface area (Å²) in [5, 5.41) is 0. The van der Waals surface area contributed by atoms with E-state index in [1.54, 1.807) is 6.07 Å². The molecule has 1 saturated carbocycles. The Kier molecular flexibility index (Phi) is 9.78. The molecule has 0 atom stereocenters. The van der Waals surface area contributed by atoms with Gasteiger partial charge in [-0.05, 0) is 79.0 Å². The van der Waals surface area contributed by atoms with Gasteiger partial charge < -0.3 is 9.47 Å². The first-order valence-electron chi connectivity index (χ1n) is 13.4. The molecule has 11 heteroatoms. The summed E-state index contributed by atoms with van der Waals surface area (Å²) in [6.07, 6.45) is -0.178. The third kappa shape index (κ3) is 7.22. The van der Waals surface area contributed by atoms with Gasteiger partial charge in [-0.15, -0.1) is 0 Å². The maximum Gasteiger partial charge on any atom is 0.432 e. The molecule has 3 aromatic rings. The second kappa shape index (κ2) is 13.1. The van der Waals surface area contributed by atoms with Crippen LogP contribution in [0.2, 0.25) is 0 Å². The monoisotopic (exact) mass is 602 g/mol. The molecular formula is C31H27F9O2. The summed E-state index contributed by atoms with van der Waals surface area (Å²) in [5.41, 5.74) is -1.57. The molecule has 1 aliphatic rings. The molecule has 0 aromatic heterocycles. The third-order valence-electron chi connectivity index (χ3n) is 7.42. The van der Waals surface area contributed by atoms with Crippen molar-refractivity contribution in [3.05, 3.63) is 95.0 Å². The van der Waals surface area contributed by atoms with Crippen molar-refractivity contribution < 1.29 is 49.0 Å². The van der Waals surface area contributed by atoms with Crippen LogP contribution in [0.5, 0.6) is 11.5 Å². The Bertz CT molecular complexity index is 1420. The molecule has 0 heterocycles. The molecule has 0 amide bonds. The maximum absolute atomic E-state index is 15.1. The van der Waals surface area contributed by atoms with Gasteiger partial charge in [0, 0.05) is 11.6 Å². The number of halogens is 9. The van der Waals surface area contributed by atoms with Crippen LogP contribution in [0.25, 0.3) is 11.1 Å². The Morgan fingerprint density at radius 1 is 0.810 bits per heavy atom. The Morgan fingerprint density at radius 3 is 2.05 bits per heavy atom. The maximum atomic E-state index is 15.1. The normalized spacial score (nSPS) is 17.2. The van der Waals surface area contributed by atoms with E-state index >= 15 is 4.39 Å². The summed E-state index contributed by atoms with van der Waals surface area (Å²) in [5.74, 6) is -7.07. The molecule has 42 heavy (non-hydrogen) atoms. The zero-order valence-corrected chi connectivity index (χ0v) is 22.4. The van der Waals surface area contributed by atoms with Crippen LogP contribution in [-0.4, -0.2) is 0 Å². The van der Waals surface area contributed by atoms with Crippen molar-refractivity contribution in [1.29, 1.82) is 0 Å². The van der Waals surface area contributed by atoms with Gasteiger partial charge in [-0.2, -0.15) is 22.0 Å². The summed E-state index contributed by atoms with van der Waals surface area (Å²) in [6, 6.07) is 4.31. The minimum absolute atomic E-state index is 0.156. The molecule has 4 rings (SSSR count). The van der Waals surface area contributed by atoms with Crippen LogP contribution in [0.1, 0.15) is 68.9 Å². The quantitative estimate of drug-likeness (QED) is 0.170. The fourth-order valence-corrected chi connectivity index (χ4v) is 5.27. The Labute approximate surface area is 236 Å². The van der Waals surface area contributed by atoms with Crippen molar-refractivity contribution in [2.24, 2.45) is 5.92 Å². The highest BCUT2D eigenvalue weighted by Crippen LogP contribution is 2.41. The molecule has 0 bridgehead atoms. The van der Waals surface area contributed by atoms with E-state index in [9.17, 15) is 35.1 Å². The minimum Gasteiger partial charge on any atom is -0.429 e. The molecule has 1 aliphatic carbocycles. The molecule has 226 valence electrons. The predicted molar refractivity (Wildman–Crippen MR) is 138 cm³/mol. The van der Waals surface area contributed by atoms with E-state index in [4.69, 9.17) is 0 Å². The summed E-state index contributed by atoms with van der Waals surface area (Å²) in [4.78, 5) is 0. The second-order valence-corrected chi connectivity index (χ2v) is 10.3. The average Bonchev–Trinajstić information content (AvgIpc) is 2.92. The van der Waals surface area contributed by atoms with Crippen LogP contribution in [0.4, 0.5) is 39.5 Å². The van der Waals surface area contributed by atoms with E-state index in [1.807, 2.05) is 0 Å². The van der Waals surface area contributed by atoms with Crippen molar-refractivity contribution in [3.8, 4) is 22.6 Å². The average molecular weight is 603 g/mol. The van der Waals surface area contributed by atoms with E-state index in [-0.39, 0.29) is 23.1 Å². The smallest absolute Gasteiger partial charge is 0.429 e. The zero-order valence-electron chi connectivity index (χ0n) is 22.4. The lowest BCUT2D eigenvalue weighted by atomic mass is 9.77. The first kappa shape index (κ1) is 31.3. The van der Waals surface area contributed by atoms with Gasteiger partial charge in [-0.25, -0.2) is 17.6 Å². The number of alkyl halides is 2. The van der Waals surface area contributed by atoms with Gasteiger partial charge in [-0.1, -0.05) is 38.3 Å². The third-order valence-corrected chi connectivity index (χ3v) is 7.42. The van der Waals surface area contributed by atoms with Crippen LogP contribution in [-0.2, 0) is 6.11 Å². The summed E-state index contributed by atoms with van der Waals surface area (Å²) in [7, 11) is 0. The Balaban J connectivity index is 1.51. The topological polar surface area (TPSA) is 18.5 Å². The number of hydrogen-bond acceptors (Lipinski definition) is 2. The summed E-state index contributed by atoms with van der Waals surface area (Å²) >= 11 is 0. The van der Waals surface area contributed by atoms with Gasteiger partial charge in [0.1, 0.15) is 28.8 Å². The van der Waals surface area contributed by atoms with E-state index in [0.717, 1.165) is 37.7 Å². The fraction of sp³-hybridized carbons (Fsp3) is 0.355. The highest BCUT2D eigenvalue weighted by atomic mass is 19.3. The molecule has 0 saturated heterocycles. The van der Waals surface area contributed by atoms with Gasteiger partial charge in [-0.3, -0.25) is 0 Å². The van der Waals surface area contributed by atoms with Crippen molar-refractivity contribution in [2.75, 3.05) is 0 Å². The first-order valence-corrected chi connectivity index (χ1v) is 13.4. The highest BCUT2D eigenvalue weighted by Gasteiger charge is 2.41. The molecule has 0 spiro atoms. The molecule has 0 N–H and O–H groups in total. The van der Waals surface area contributed by atoms with Crippen LogP contribution < -0.4 is 9.47 Å². The standard InChI is InChI=1S/C31H27F9O2/c1-2-3-4-17-5-7-18(8-6-17)19-9-11-22(23(32)13-19)20-14-25(34)28(26(35)15-20)31(39,40)42-21-10-12-27(24(33)16-21)41-30(38)29(36)37/h9-18H,2-8H2,1H3. The molecule has 3 aromatic carbocycles. The molecule has 2 nitrogen and oxygen atoms in total. The lowest BCUT2D eigenvalue weighted by Gasteiger charge is -2.29. The Morgan fingerprint density at radius 2 is 1.48 bits per heavy atom. The number of unbranched alkanes of at least 4 members (excludes halogenated alkanes) is 1. The van der Waals surface area contributed by atoms with Gasteiger partial charge in [0.25, 0.3) is 0 Å². The van der Waals surface area contributed by atoms with E-state index in [1.165, 1.54) is 25.0 Å². The van der Waals surface area contributed by atoms with Gasteiger partial charge >= 0.3 is 18.2 Å². The van der Waals surface area contributed by atoms with Gasteiger partial charge in [0.2, 0.25) is 0 Å². The fourth-order valence-electron chi connectivity index (χ4n) is 5.27. The first-order chi connectivity index (χ1) is 19.9. The van der Waals surface area contributed by atoms with Crippen LogP contribution >= 0.6 is 0 Å². The van der Waals surface area contributed by atoms with E-state index < -0.39 is 58.5 Å². The van der Waals surface area contributed by atoms with Crippen molar-refractivity contribution in [1.82, 2.24) is 0 Å². The SMILES string of the molecule is CCCCC1CCC(c2ccc(-c3cc(F)c(C(F)(F)Oc4ccc(OC(F)=C(F)F)c(F)c4)c(F)c3)c(F)c2)CC1. The zero-order chi connectivity index (χ0) is 30.6. The largest absolute Gasteiger partial charge is 0.432 e. The second-order valence-electron chi connectivity index (χ2n) is 10.3. The van der Waals surface area contributed by atoms with Gasteiger partial charge in [0.05, 0.1) is 0 Å². The van der Waals surface area contributed by atoms with Gasteiger partial charge in [0.15, 0.2) is 11.6 Å². The molecule has 0 aliphatic heterocycles. The summed E-state index contributed by atoms with van der Waals surface area (Å²) in [6.45, 7) is 2.15. The van der Waals surface area contributed by atoms with Crippen molar-refractivity contribution in [2.45, 2.75) is 63.9 Å².